The van der Waals surface area contributed by atoms with Crippen LogP contribution in [0.2, 0.25) is 0 Å². The molecule has 90 valence electrons. The van der Waals surface area contributed by atoms with Crippen LogP contribution in [0.4, 0.5) is 11.9 Å². The lowest BCUT2D eigenvalue weighted by Crippen LogP contribution is -2.13. The van der Waals surface area contributed by atoms with Crippen LogP contribution < -0.4 is 15.4 Å². The van der Waals surface area contributed by atoms with Crippen LogP contribution in [0.1, 0.15) is 0 Å². The maximum Gasteiger partial charge on any atom is 0.322 e. The summed E-state index contributed by atoms with van der Waals surface area (Å²) in [6.45, 7) is 0.541. The van der Waals surface area contributed by atoms with Gasteiger partial charge >= 0.3 is 6.01 Å². The van der Waals surface area contributed by atoms with E-state index in [1.807, 2.05) is 0 Å². The third-order valence-corrected chi connectivity index (χ3v) is 2.47. The maximum absolute atomic E-state index is 10.9. The minimum absolute atomic E-state index is 0.236. The first kappa shape index (κ1) is 12.6. The highest BCUT2D eigenvalue weighted by atomic mass is 32.2. The minimum atomic E-state index is -0.834. The SMILES string of the molecule is CNc1nc(NCCS(C)=O)nc(OC)n1. The highest BCUT2D eigenvalue weighted by molar-refractivity contribution is 7.84. The summed E-state index contributed by atoms with van der Waals surface area (Å²) in [5.74, 6) is 1.37. The first-order valence-electron chi connectivity index (χ1n) is 4.67. The molecule has 0 radical (unpaired) electrons. The Morgan fingerprint density at radius 2 is 2.00 bits per heavy atom. The van der Waals surface area contributed by atoms with Gasteiger partial charge in [-0.25, -0.2) is 0 Å². The molecular weight excluding hydrogens is 230 g/mol. The molecule has 0 amide bonds. The Kier molecular flexibility index (Phi) is 4.90. The Morgan fingerprint density at radius 3 is 2.56 bits per heavy atom. The fourth-order valence-corrected chi connectivity index (χ4v) is 1.33. The van der Waals surface area contributed by atoms with Crippen molar-refractivity contribution in [1.29, 1.82) is 0 Å². The zero-order valence-corrected chi connectivity index (χ0v) is 10.3. The van der Waals surface area contributed by atoms with Crippen molar-refractivity contribution in [2.75, 3.05) is 43.3 Å². The molecule has 1 rings (SSSR count). The van der Waals surface area contributed by atoms with Gasteiger partial charge in [0.1, 0.15) is 0 Å². The molecule has 1 heterocycles. The molecule has 0 spiro atoms. The second-order valence-electron chi connectivity index (χ2n) is 2.92. The second kappa shape index (κ2) is 6.21. The number of ether oxygens (including phenoxy) is 1. The molecule has 0 aromatic carbocycles. The lowest BCUT2D eigenvalue weighted by Gasteiger charge is -2.06. The molecule has 8 heteroatoms. The number of rotatable bonds is 6. The summed E-state index contributed by atoms with van der Waals surface area (Å²) in [7, 11) is 2.36. The Morgan fingerprint density at radius 1 is 1.31 bits per heavy atom. The van der Waals surface area contributed by atoms with E-state index in [4.69, 9.17) is 4.74 Å². The Bertz CT molecular complexity index is 351. The van der Waals surface area contributed by atoms with Gasteiger partial charge in [0.05, 0.1) is 7.11 Å². The maximum atomic E-state index is 10.9. The number of aromatic nitrogens is 3. The summed E-state index contributed by atoms with van der Waals surface area (Å²) >= 11 is 0. The van der Waals surface area contributed by atoms with E-state index in [1.54, 1.807) is 13.3 Å². The number of anilines is 2. The van der Waals surface area contributed by atoms with E-state index in [9.17, 15) is 4.21 Å². The van der Waals surface area contributed by atoms with Gasteiger partial charge in [0, 0.05) is 36.4 Å². The highest BCUT2D eigenvalue weighted by Gasteiger charge is 2.04. The van der Waals surface area contributed by atoms with Gasteiger partial charge in [0.2, 0.25) is 11.9 Å². The predicted octanol–water partition coefficient (Wildman–Crippen LogP) is -0.288. The zero-order valence-electron chi connectivity index (χ0n) is 9.48. The van der Waals surface area contributed by atoms with Crippen molar-refractivity contribution in [3.63, 3.8) is 0 Å². The normalized spacial score (nSPS) is 11.9. The highest BCUT2D eigenvalue weighted by Crippen LogP contribution is 2.09. The second-order valence-corrected chi connectivity index (χ2v) is 4.48. The molecule has 0 saturated heterocycles. The van der Waals surface area contributed by atoms with Crippen molar-refractivity contribution in [3.8, 4) is 6.01 Å². The molecule has 0 aliphatic carbocycles. The first-order valence-corrected chi connectivity index (χ1v) is 6.40. The van der Waals surface area contributed by atoms with Gasteiger partial charge in [-0.05, 0) is 0 Å². The van der Waals surface area contributed by atoms with E-state index in [2.05, 4.69) is 25.6 Å². The van der Waals surface area contributed by atoms with Crippen LogP contribution in [0.25, 0.3) is 0 Å². The largest absolute Gasteiger partial charge is 0.467 e. The molecule has 0 aliphatic heterocycles. The van der Waals surface area contributed by atoms with Crippen LogP contribution in [0.3, 0.4) is 0 Å². The van der Waals surface area contributed by atoms with Crippen LogP contribution in [-0.2, 0) is 10.8 Å². The van der Waals surface area contributed by atoms with Crippen molar-refractivity contribution >= 4 is 22.7 Å². The lowest BCUT2D eigenvalue weighted by atomic mass is 10.7. The monoisotopic (exact) mass is 245 g/mol. The summed E-state index contributed by atoms with van der Waals surface area (Å²) in [6, 6.07) is 0.236. The number of nitrogens with zero attached hydrogens (tertiary/aromatic N) is 3. The zero-order chi connectivity index (χ0) is 12.0. The third-order valence-electron chi connectivity index (χ3n) is 1.69. The van der Waals surface area contributed by atoms with Crippen molar-refractivity contribution in [2.24, 2.45) is 0 Å². The summed E-state index contributed by atoms with van der Waals surface area (Å²) in [5, 5.41) is 5.75. The van der Waals surface area contributed by atoms with Gasteiger partial charge in [0.15, 0.2) is 0 Å². The molecule has 0 saturated carbocycles. The molecule has 0 fully saturated rings. The van der Waals surface area contributed by atoms with Crippen LogP contribution in [0.5, 0.6) is 6.01 Å². The van der Waals surface area contributed by atoms with Crippen molar-refractivity contribution in [1.82, 2.24) is 15.0 Å². The van der Waals surface area contributed by atoms with E-state index in [1.165, 1.54) is 7.11 Å². The van der Waals surface area contributed by atoms with Crippen LogP contribution in [0, 0.1) is 0 Å². The third kappa shape index (κ3) is 3.97. The van der Waals surface area contributed by atoms with Crippen molar-refractivity contribution in [2.45, 2.75) is 0 Å². The van der Waals surface area contributed by atoms with Gasteiger partial charge in [-0.3, -0.25) is 4.21 Å². The molecular formula is C8H15N5O2S. The fraction of sp³-hybridized carbons (Fsp3) is 0.625. The van der Waals surface area contributed by atoms with Crippen LogP contribution in [-0.4, -0.2) is 51.9 Å². The molecule has 2 N–H and O–H groups in total. The van der Waals surface area contributed by atoms with E-state index >= 15 is 0 Å². The molecule has 1 aromatic rings. The summed E-state index contributed by atoms with van der Waals surface area (Å²) < 4.78 is 15.8. The molecule has 16 heavy (non-hydrogen) atoms. The van der Waals surface area contributed by atoms with E-state index in [0.717, 1.165) is 0 Å². The Hall–Kier alpha value is -1.44. The quantitative estimate of drug-likeness (QED) is 0.712. The van der Waals surface area contributed by atoms with Crippen molar-refractivity contribution < 1.29 is 8.95 Å². The molecule has 1 aromatic heterocycles. The minimum Gasteiger partial charge on any atom is -0.467 e. The molecule has 1 unspecified atom stereocenters. The Labute approximate surface area is 96.5 Å². The standard InChI is InChI=1S/C8H15N5O2S/c1-9-6-11-7(10-4-5-16(3)14)13-8(12-6)15-2/h4-5H2,1-3H3,(H2,9,10,11,12,13). The molecule has 0 aliphatic rings. The van der Waals surface area contributed by atoms with Gasteiger partial charge in [-0.15, -0.1) is 0 Å². The van der Waals surface area contributed by atoms with E-state index in [0.29, 0.717) is 24.2 Å². The fourth-order valence-electron chi connectivity index (χ4n) is 0.945. The molecule has 0 bridgehead atoms. The van der Waals surface area contributed by atoms with Crippen LogP contribution >= 0.6 is 0 Å². The predicted molar refractivity (Wildman–Crippen MR) is 63.3 cm³/mol. The number of methoxy groups -OCH3 is 1. The smallest absolute Gasteiger partial charge is 0.322 e. The summed E-state index contributed by atoms with van der Waals surface area (Å²) in [4.78, 5) is 12.0. The van der Waals surface area contributed by atoms with Gasteiger partial charge in [0.25, 0.3) is 0 Å². The number of hydrogen-bond donors (Lipinski definition) is 2. The topological polar surface area (TPSA) is 89.0 Å². The van der Waals surface area contributed by atoms with E-state index in [-0.39, 0.29) is 6.01 Å². The van der Waals surface area contributed by atoms with E-state index < -0.39 is 10.8 Å². The Balaban J connectivity index is 2.67. The average molecular weight is 245 g/mol. The van der Waals surface area contributed by atoms with Gasteiger partial charge in [-0.2, -0.15) is 15.0 Å². The van der Waals surface area contributed by atoms with Gasteiger partial charge in [-0.1, -0.05) is 0 Å². The molecule has 1 atom stereocenters. The lowest BCUT2D eigenvalue weighted by molar-refractivity contribution is 0.379. The summed E-state index contributed by atoms with van der Waals surface area (Å²) in [6.07, 6.45) is 1.65. The van der Waals surface area contributed by atoms with Crippen LogP contribution in [0.15, 0.2) is 0 Å². The number of hydrogen-bond acceptors (Lipinski definition) is 7. The average Bonchev–Trinajstić information content (AvgIpc) is 2.28. The van der Waals surface area contributed by atoms with Gasteiger partial charge < -0.3 is 15.4 Å². The first-order chi connectivity index (χ1) is 7.65. The number of nitrogens with one attached hydrogen (secondary N) is 2. The molecule has 7 nitrogen and oxygen atoms in total. The van der Waals surface area contributed by atoms with Crippen molar-refractivity contribution in [3.05, 3.63) is 0 Å². The summed E-state index contributed by atoms with van der Waals surface area (Å²) in [5.41, 5.74) is 0.